The van der Waals surface area contributed by atoms with Crippen LogP contribution in [0.2, 0.25) is 0 Å². The Kier molecular flexibility index (Phi) is 2.23. The largest absolute Gasteiger partial charge is 0.399 e. The average Bonchev–Trinajstić information content (AvgIpc) is 2.45. The van der Waals surface area contributed by atoms with Gasteiger partial charge >= 0.3 is 0 Å². The lowest BCUT2D eigenvalue weighted by molar-refractivity contribution is 0.828. The molecule has 0 aliphatic heterocycles. The van der Waals surface area contributed by atoms with Crippen molar-refractivity contribution < 1.29 is 0 Å². The molecule has 0 aliphatic carbocycles. The summed E-state index contributed by atoms with van der Waals surface area (Å²) in [6.45, 7) is 6.09. The van der Waals surface area contributed by atoms with E-state index in [9.17, 15) is 0 Å². The number of aryl methyl sites for hydroxylation is 3. The Bertz CT molecular complexity index is 498. The highest BCUT2D eigenvalue weighted by atomic mass is 15.3. The van der Waals surface area contributed by atoms with Gasteiger partial charge in [0.25, 0.3) is 0 Å². The highest BCUT2D eigenvalue weighted by molar-refractivity contribution is 5.51. The predicted octanol–water partition coefficient (Wildman–Crippen LogP) is 2.38. The maximum absolute atomic E-state index is 5.72. The van der Waals surface area contributed by atoms with E-state index in [1.807, 2.05) is 36.7 Å². The summed E-state index contributed by atoms with van der Waals surface area (Å²) in [5.41, 5.74) is 10.9. The van der Waals surface area contributed by atoms with Crippen LogP contribution in [0, 0.1) is 20.8 Å². The molecule has 0 bridgehead atoms. The van der Waals surface area contributed by atoms with Crippen molar-refractivity contribution in [2.45, 2.75) is 20.8 Å². The molecule has 0 aliphatic rings. The zero-order valence-electron chi connectivity index (χ0n) is 9.28. The molecule has 3 heteroatoms. The van der Waals surface area contributed by atoms with Crippen LogP contribution in [-0.2, 0) is 0 Å². The topological polar surface area (TPSA) is 43.8 Å². The monoisotopic (exact) mass is 201 g/mol. The Balaban J connectivity index is 2.59. The maximum atomic E-state index is 5.72. The molecule has 2 aromatic rings. The number of nitrogen functional groups attached to an aromatic ring is 1. The normalized spacial score (nSPS) is 10.6. The van der Waals surface area contributed by atoms with Crippen molar-refractivity contribution in [3.05, 3.63) is 41.2 Å². The van der Waals surface area contributed by atoms with Gasteiger partial charge in [0, 0.05) is 11.4 Å². The molecule has 0 atom stereocenters. The molecule has 1 aromatic heterocycles. The van der Waals surface area contributed by atoms with Crippen molar-refractivity contribution in [3.8, 4) is 5.69 Å². The smallest absolute Gasteiger partial charge is 0.0679 e. The minimum absolute atomic E-state index is 0.790. The van der Waals surface area contributed by atoms with Crippen molar-refractivity contribution in [3.63, 3.8) is 0 Å². The summed E-state index contributed by atoms with van der Waals surface area (Å²) in [6, 6.07) is 7.93. The molecule has 0 amide bonds. The summed E-state index contributed by atoms with van der Waals surface area (Å²) in [7, 11) is 0. The quantitative estimate of drug-likeness (QED) is 0.720. The SMILES string of the molecule is Cc1cc(C)n(-c2ccc(N)cc2C)n1. The zero-order valence-corrected chi connectivity index (χ0v) is 9.28. The lowest BCUT2D eigenvalue weighted by atomic mass is 10.2. The number of nitrogens with two attached hydrogens (primary N) is 1. The van der Waals surface area contributed by atoms with Crippen molar-refractivity contribution in [2.24, 2.45) is 0 Å². The third kappa shape index (κ3) is 1.73. The Labute approximate surface area is 89.5 Å². The number of hydrogen-bond acceptors (Lipinski definition) is 2. The molecule has 78 valence electrons. The van der Waals surface area contributed by atoms with Crippen LogP contribution in [0.25, 0.3) is 5.69 Å². The maximum Gasteiger partial charge on any atom is 0.0679 e. The molecule has 0 radical (unpaired) electrons. The lowest BCUT2D eigenvalue weighted by Crippen LogP contribution is -2.02. The van der Waals surface area contributed by atoms with E-state index in [0.717, 1.165) is 28.3 Å². The summed E-state index contributed by atoms with van der Waals surface area (Å²) in [5, 5.41) is 4.45. The Morgan fingerprint density at radius 3 is 2.40 bits per heavy atom. The molecule has 2 rings (SSSR count). The molecule has 15 heavy (non-hydrogen) atoms. The van der Waals surface area contributed by atoms with Crippen LogP contribution in [0.3, 0.4) is 0 Å². The van der Waals surface area contributed by atoms with Gasteiger partial charge in [0.05, 0.1) is 11.4 Å². The molecular weight excluding hydrogens is 186 g/mol. The number of nitrogens with zero attached hydrogens (tertiary/aromatic N) is 2. The Hall–Kier alpha value is -1.77. The van der Waals surface area contributed by atoms with E-state index in [1.54, 1.807) is 0 Å². The van der Waals surface area contributed by atoms with Gasteiger partial charge in [0.1, 0.15) is 0 Å². The highest BCUT2D eigenvalue weighted by Gasteiger charge is 2.06. The predicted molar refractivity (Wildman–Crippen MR) is 62.2 cm³/mol. The van der Waals surface area contributed by atoms with Crippen molar-refractivity contribution in [2.75, 3.05) is 5.73 Å². The van der Waals surface area contributed by atoms with Crippen LogP contribution in [0.1, 0.15) is 17.0 Å². The summed E-state index contributed by atoms with van der Waals surface area (Å²) < 4.78 is 1.95. The van der Waals surface area contributed by atoms with Crippen LogP contribution in [-0.4, -0.2) is 9.78 Å². The van der Waals surface area contributed by atoms with Crippen LogP contribution < -0.4 is 5.73 Å². The molecule has 1 heterocycles. The van der Waals surface area contributed by atoms with Crippen LogP contribution in [0.4, 0.5) is 5.69 Å². The summed E-state index contributed by atoms with van der Waals surface area (Å²) in [4.78, 5) is 0. The van der Waals surface area contributed by atoms with E-state index < -0.39 is 0 Å². The second-order valence-electron chi connectivity index (χ2n) is 3.88. The number of aromatic nitrogens is 2. The molecule has 0 fully saturated rings. The van der Waals surface area contributed by atoms with Gasteiger partial charge in [-0.05, 0) is 50.6 Å². The fourth-order valence-electron chi connectivity index (χ4n) is 1.79. The second kappa shape index (κ2) is 3.42. The molecule has 3 nitrogen and oxygen atoms in total. The molecule has 2 N–H and O–H groups in total. The van der Waals surface area contributed by atoms with E-state index in [4.69, 9.17) is 5.73 Å². The van der Waals surface area contributed by atoms with E-state index >= 15 is 0 Å². The summed E-state index contributed by atoms with van der Waals surface area (Å²) >= 11 is 0. The standard InChI is InChI=1S/C12H15N3/c1-8-6-11(13)4-5-12(8)15-10(3)7-9(2)14-15/h4-7H,13H2,1-3H3. The van der Waals surface area contributed by atoms with Crippen LogP contribution in [0.15, 0.2) is 24.3 Å². The van der Waals surface area contributed by atoms with Gasteiger partial charge in [-0.1, -0.05) is 0 Å². The Morgan fingerprint density at radius 2 is 1.87 bits per heavy atom. The minimum atomic E-state index is 0.790. The first-order valence-electron chi connectivity index (χ1n) is 4.97. The summed E-state index contributed by atoms with van der Waals surface area (Å²) in [5.74, 6) is 0. The van der Waals surface area contributed by atoms with E-state index in [2.05, 4.69) is 18.1 Å². The van der Waals surface area contributed by atoms with E-state index in [1.165, 1.54) is 0 Å². The third-order valence-electron chi connectivity index (χ3n) is 2.46. The molecular formula is C12H15N3. The molecule has 1 aromatic carbocycles. The van der Waals surface area contributed by atoms with Gasteiger partial charge in [-0.25, -0.2) is 4.68 Å². The minimum Gasteiger partial charge on any atom is -0.399 e. The highest BCUT2D eigenvalue weighted by Crippen LogP contribution is 2.18. The Morgan fingerprint density at radius 1 is 1.13 bits per heavy atom. The first-order chi connectivity index (χ1) is 7.08. The molecule has 0 saturated carbocycles. The number of anilines is 1. The molecule has 0 saturated heterocycles. The molecule has 0 spiro atoms. The first-order valence-corrected chi connectivity index (χ1v) is 4.97. The fraction of sp³-hybridized carbons (Fsp3) is 0.250. The van der Waals surface area contributed by atoms with Gasteiger partial charge in [0.2, 0.25) is 0 Å². The van der Waals surface area contributed by atoms with Gasteiger partial charge in [0.15, 0.2) is 0 Å². The van der Waals surface area contributed by atoms with Gasteiger partial charge in [-0.2, -0.15) is 5.10 Å². The molecule has 0 unspecified atom stereocenters. The van der Waals surface area contributed by atoms with E-state index in [-0.39, 0.29) is 0 Å². The van der Waals surface area contributed by atoms with Crippen molar-refractivity contribution in [1.29, 1.82) is 0 Å². The van der Waals surface area contributed by atoms with Crippen LogP contribution >= 0.6 is 0 Å². The third-order valence-corrected chi connectivity index (χ3v) is 2.46. The fourth-order valence-corrected chi connectivity index (χ4v) is 1.79. The van der Waals surface area contributed by atoms with Gasteiger partial charge < -0.3 is 5.73 Å². The number of rotatable bonds is 1. The van der Waals surface area contributed by atoms with Gasteiger partial charge in [-0.3, -0.25) is 0 Å². The van der Waals surface area contributed by atoms with Gasteiger partial charge in [-0.15, -0.1) is 0 Å². The first kappa shape index (κ1) is 9.77. The zero-order chi connectivity index (χ0) is 11.0. The van der Waals surface area contributed by atoms with Crippen LogP contribution in [0.5, 0.6) is 0 Å². The van der Waals surface area contributed by atoms with Crippen molar-refractivity contribution in [1.82, 2.24) is 9.78 Å². The van der Waals surface area contributed by atoms with E-state index in [0.29, 0.717) is 0 Å². The number of hydrogen-bond donors (Lipinski definition) is 1. The van der Waals surface area contributed by atoms with Crippen molar-refractivity contribution >= 4 is 5.69 Å². The average molecular weight is 201 g/mol. The summed E-state index contributed by atoms with van der Waals surface area (Å²) in [6.07, 6.45) is 0. The second-order valence-corrected chi connectivity index (χ2v) is 3.88. The number of benzene rings is 1. The lowest BCUT2D eigenvalue weighted by Gasteiger charge is -2.08.